The standard InChI is InChI=1S/C12H10BrClN2OS/c1-7-4-8(2-3-10(7)13)11(17)16-12-15-9(5-14)6-18-12/h2-4,6H,5H2,1H3,(H,15,16,17). The first-order valence-electron chi connectivity index (χ1n) is 5.18. The lowest BCUT2D eigenvalue weighted by Crippen LogP contribution is -2.11. The van der Waals surface area contributed by atoms with Crippen LogP contribution in [-0.4, -0.2) is 10.9 Å². The molecule has 0 radical (unpaired) electrons. The summed E-state index contributed by atoms with van der Waals surface area (Å²) < 4.78 is 0.984. The Balaban J connectivity index is 2.14. The van der Waals surface area contributed by atoms with Crippen molar-refractivity contribution in [2.45, 2.75) is 12.8 Å². The number of aryl methyl sites for hydroxylation is 1. The molecule has 0 bridgehead atoms. The molecule has 18 heavy (non-hydrogen) atoms. The van der Waals surface area contributed by atoms with Crippen LogP contribution in [-0.2, 0) is 5.88 Å². The molecule has 1 amide bonds. The number of nitrogens with zero attached hydrogens (tertiary/aromatic N) is 1. The zero-order chi connectivity index (χ0) is 13.1. The minimum absolute atomic E-state index is 0.166. The molecule has 1 heterocycles. The zero-order valence-electron chi connectivity index (χ0n) is 9.54. The Labute approximate surface area is 122 Å². The number of benzene rings is 1. The molecule has 0 aliphatic carbocycles. The van der Waals surface area contributed by atoms with Crippen LogP contribution in [0.5, 0.6) is 0 Å². The van der Waals surface area contributed by atoms with Gasteiger partial charge in [-0.05, 0) is 30.7 Å². The first kappa shape index (κ1) is 13.5. The molecule has 1 aromatic carbocycles. The van der Waals surface area contributed by atoms with E-state index in [1.54, 1.807) is 6.07 Å². The molecule has 2 aromatic rings. The van der Waals surface area contributed by atoms with Gasteiger partial charge >= 0.3 is 0 Å². The van der Waals surface area contributed by atoms with Gasteiger partial charge in [0, 0.05) is 15.4 Å². The molecular formula is C12H10BrClN2OS. The monoisotopic (exact) mass is 344 g/mol. The second-order valence-corrected chi connectivity index (χ2v) is 5.68. The minimum Gasteiger partial charge on any atom is -0.298 e. The maximum absolute atomic E-state index is 12.0. The normalized spacial score (nSPS) is 10.4. The Morgan fingerprint density at radius 3 is 2.94 bits per heavy atom. The summed E-state index contributed by atoms with van der Waals surface area (Å²) in [6.07, 6.45) is 0. The zero-order valence-corrected chi connectivity index (χ0v) is 12.7. The van der Waals surface area contributed by atoms with E-state index >= 15 is 0 Å². The highest BCUT2D eigenvalue weighted by Crippen LogP contribution is 2.20. The van der Waals surface area contributed by atoms with Crippen molar-refractivity contribution in [2.75, 3.05) is 5.32 Å². The van der Waals surface area contributed by atoms with E-state index in [1.165, 1.54) is 11.3 Å². The summed E-state index contributed by atoms with van der Waals surface area (Å²) in [5.41, 5.74) is 2.39. The predicted molar refractivity (Wildman–Crippen MR) is 78.5 cm³/mol. The number of amides is 1. The number of halogens is 2. The van der Waals surface area contributed by atoms with Crippen LogP contribution in [0.3, 0.4) is 0 Å². The smallest absolute Gasteiger partial charge is 0.257 e. The van der Waals surface area contributed by atoms with Crippen molar-refractivity contribution in [1.29, 1.82) is 0 Å². The average Bonchev–Trinajstić information content (AvgIpc) is 2.80. The number of thiazole rings is 1. The molecule has 0 saturated carbocycles. The molecule has 1 aromatic heterocycles. The van der Waals surface area contributed by atoms with Crippen LogP contribution >= 0.6 is 38.9 Å². The lowest BCUT2D eigenvalue weighted by atomic mass is 10.1. The second-order valence-electron chi connectivity index (χ2n) is 3.70. The van der Waals surface area contributed by atoms with Crippen LogP contribution in [0.2, 0.25) is 0 Å². The van der Waals surface area contributed by atoms with Crippen molar-refractivity contribution in [2.24, 2.45) is 0 Å². The van der Waals surface area contributed by atoms with Crippen molar-refractivity contribution >= 4 is 49.9 Å². The second kappa shape index (κ2) is 5.82. The quantitative estimate of drug-likeness (QED) is 0.847. The fourth-order valence-electron chi connectivity index (χ4n) is 1.38. The summed E-state index contributed by atoms with van der Waals surface area (Å²) >= 11 is 10.4. The third-order valence-electron chi connectivity index (χ3n) is 2.33. The molecule has 3 nitrogen and oxygen atoms in total. The van der Waals surface area contributed by atoms with Gasteiger partial charge in [-0.15, -0.1) is 22.9 Å². The number of anilines is 1. The molecule has 94 valence electrons. The third kappa shape index (κ3) is 3.10. The highest BCUT2D eigenvalue weighted by molar-refractivity contribution is 9.10. The molecule has 0 aliphatic heterocycles. The third-order valence-corrected chi connectivity index (χ3v) is 4.30. The molecule has 0 atom stereocenters. The molecule has 1 N–H and O–H groups in total. The Bertz CT molecular complexity index is 585. The summed E-state index contributed by atoms with van der Waals surface area (Å²) in [6.45, 7) is 1.94. The topological polar surface area (TPSA) is 42.0 Å². The Hall–Kier alpha value is -0.910. The number of aromatic nitrogens is 1. The van der Waals surface area contributed by atoms with Gasteiger partial charge < -0.3 is 0 Å². The Morgan fingerprint density at radius 2 is 2.33 bits per heavy atom. The highest BCUT2D eigenvalue weighted by atomic mass is 79.9. The number of hydrogen-bond acceptors (Lipinski definition) is 3. The lowest BCUT2D eigenvalue weighted by molar-refractivity contribution is 0.102. The van der Waals surface area contributed by atoms with Gasteiger partial charge in [-0.3, -0.25) is 10.1 Å². The van der Waals surface area contributed by atoms with Crippen LogP contribution in [0.1, 0.15) is 21.6 Å². The van der Waals surface area contributed by atoms with E-state index in [-0.39, 0.29) is 5.91 Å². The van der Waals surface area contributed by atoms with Gasteiger partial charge in [0.1, 0.15) is 0 Å². The molecule has 0 unspecified atom stereocenters. The minimum atomic E-state index is -0.166. The van der Waals surface area contributed by atoms with Gasteiger partial charge in [0.05, 0.1) is 11.6 Å². The van der Waals surface area contributed by atoms with Crippen LogP contribution < -0.4 is 5.32 Å². The first-order valence-corrected chi connectivity index (χ1v) is 7.38. The van der Waals surface area contributed by atoms with Gasteiger partial charge in [-0.2, -0.15) is 0 Å². The Kier molecular flexibility index (Phi) is 4.37. The van der Waals surface area contributed by atoms with E-state index < -0.39 is 0 Å². The van der Waals surface area contributed by atoms with Crippen LogP contribution in [0, 0.1) is 6.92 Å². The van der Waals surface area contributed by atoms with Crippen molar-refractivity contribution < 1.29 is 4.79 Å². The largest absolute Gasteiger partial charge is 0.298 e. The number of hydrogen-bond donors (Lipinski definition) is 1. The number of nitrogens with one attached hydrogen (secondary N) is 1. The predicted octanol–water partition coefficient (Wildman–Crippen LogP) is 4.21. The van der Waals surface area contributed by atoms with Crippen LogP contribution in [0.15, 0.2) is 28.1 Å². The summed E-state index contributed by atoms with van der Waals surface area (Å²) in [7, 11) is 0. The van der Waals surface area contributed by atoms with Crippen LogP contribution in [0.4, 0.5) is 5.13 Å². The van der Waals surface area contributed by atoms with Crippen molar-refractivity contribution in [1.82, 2.24) is 4.98 Å². The van der Waals surface area contributed by atoms with E-state index in [9.17, 15) is 4.79 Å². The number of carbonyl (C=O) groups is 1. The van der Waals surface area contributed by atoms with Crippen molar-refractivity contribution in [3.63, 3.8) is 0 Å². The fraction of sp³-hybridized carbons (Fsp3) is 0.167. The number of alkyl halides is 1. The van der Waals surface area contributed by atoms with E-state index in [4.69, 9.17) is 11.6 Å². The molecule has 0 saturated heterocycles. The lowest BCUT2D eigenvalue weighted by Gasteiger charge is -2.04. The number of carbonyl (C=O) groups excluding carboxylic acids is 1. The molecule has 0 aliphatic rings. The van der Waals surface area contributed by atoms with Crippen molar-refractivity contribution in [3.05, 3.63) is 44.9 Å². The summed E-state index contributed by atoms with van der Waals surface area (Å²) in [4.78, 5) is 16.2. The highest BCUT2D eigenvalue weighted by Gasteiger charge is 2.09. The SMILES string of the molecule is Cc1cc(C(=O)Nc2nc(CCl)cs2)ccc1Br. The summed E-state index contributed by atoms with van der Waals surface area (Å²) in [5, 5.41) is 5.15. The average molecular weight is 346 g/mol. The van der Waals surface area contributed by atoms with Gasteiger partial charge in [0.15, 0.2) is 5.13 Å². The maximum Gasteiger partial charge on any atom is 0.257 e. The van der Waals surface area contributed by atoms with E-state index in [1.807, 2.05) is 24.4 Å². The molecular weight excluding hydrogens is 336 g/mol. The van der Waals surface area contributed by atoms with Crippen LogP contribution in [0.25, 0.3) is 0 Å². The molecule has 0 spiro atoms. The summed E-state index contributed by atoms with van der Waals surface area (Å²) in [6, 6.07) is 5.45. The maximum atomic E-state index is 12.0. The molecule has 0 fully saturated rings. The van der Waals surface area contributed by atoms with Gasteiger partial charge in [-0.25, -0.2) is 4.98 Å². The van der Waals surface area contributed by atoms with E-state index in [2.05, 4.69) is 26.2 Å². The van der Waals surface area contributed by atoms with Gasteiger partial charge in [0.2, 0.25) is 0 Å². The van der Waals surface area contributed by atoms with Gasteiger partial charge in [-0.1, -0.05) is 15.9 Å². The fourth-order valence-corrected chi connectivity index (χ4v) is 2.56. The number of rotatable bonds is 3. The first-order chi connectivity index (χ1) is 8.60. The van der Waals surface area contributed by atoms with Crippen molar-refractivity contribution in [3.8, 4) is 0 Å². The summed E-state index contributed by atoms with van der Waals surface area (Å²) in [5.74, 6) is 0.185. The van der Waals surface area contributed by atoms with E-state index in [0.717, 1.165) is 15.7 Å². The molecule has 6 heteroatoms. The van der Waals surface area contributed by atoms with E-state index in [0.29, 0.717) is 16.6 Å². The molecule has 2 rings (SSSR count). The van der Waals surface area contributed by atoms with Gasteiger partial charge in [0.25, 0.3) is 5.91 Å². The Morgan fingerprint density at radius 1 is 1.56 bits per heavy atom.